The highest BCUT2D eigenvalue weighted by molar-refractivity contribution is 6.07. The normalized spacial score (nSPS) is 14.8. The fourth-order valence-corrected chi connectivity index (χ4v) is 3.97. The quantitative estimate of drug-likeness (QED) is 0.413. The molecular weight excluding hydrogens is 432 g/mol. The molecule has 1 unspecified atom stereocenters. The molecule has 0 radical (unpaired) electrons. The Hall–Kier alpha value is -4.59. The summed E-state index contributed by atoms with van der Waals surface area (Å²) in [7, 11) is 0. The Labute approximate surface area is 194 Å². The number of nitrogens with zero attached hydrogens (tertiary/aromatic N) is 3. The molecule has 1 N–H and O–H groups in total. The van der Waals surface area contributed by atoms with E-state index in [1.165, 1.54) is 0 Å². The van der Waals surface area contributed by atoms with Crippen LogP contribution in [-0.2, 0) is 6.54 Å². The molecule has 3 heterocycles. The van der Waals surface area contributed by atoms with Crippen molar-refractivity contribution in [1.82, 2.24) is 14.9 Å². The summed E-state index contributed by atoms with van der Waals surface area (Å²) < 4.78 is 19.0. The van der Waals surface area contributed by atoms with Crippen LogP contribution < -0.4 is 14.8 Å². The third-order valence-corrected chi connectivity index (χ3v) is 5.62. The highest BCUT2D eigenvalue weighted by Crippen LogP contribution is 2.31. The first-order valence-corrected chi connectivity index (χ1v) is 10.9. The van der Waals surface area contributed by atoms with Gasteiger partial charge in [-0.1, -0.05) is 47.6 Å². The number of para-hydroxylation sites is 2. The minimum atomic E-state index is -0.243. The smallest absolute Gasteiger partial charge is 0.255 e. The summed E-state index contributed by atoms with van der Waals surface area (Å²) >= 11 is 0. The molecule has 8 heteroatoms. The van der Waals surface area contributed by atoms with E-state index in [1.807, 2.05) is 54.6 Å². The molecule has 2 aromatic heterocycles. The summed E-state index contributed by atoms with van der Waals surface area (Å²) in [5.41, 5.74) is 2.69. The fourth-order valence-electron chi connectivity index (χ4n) is 3.97. The van der Waals surface area contributed by atoms with Gasteiger partial charge in [-0.15, -0.1) is 0 Å². The van der Waals surface area contributed by atoms with Crippen LogP contribution in [0.1, 0.15) is 10.4 Å². The molecule has 34 heavy (non-hydrogen) atoms. The van der Waals surface area contributed by atoms with Gasteiger partial charge in [0.15, 0.2) is 23.4 Å². The van der Waals surface area contributed by atoms with Crippen molar-refractivity contribution in [2.24, 2.45) is 0 Å². The number of benzene rings is 3. The predicted molar refractivity (Wildman–Crippen MR) is 126 cm³/mol. The fraction of sp³-hybridized carbons (Fsp3) is 0.115. The maximum absolute atomic E-state index is 12.9. The molecule has 1 aliphatic rings. The summed E-state index contributed by atoms with van der Waals surface area (Å²) in [6.45, 7) is 0.929. The van der Waals surface area contributed by atoms with Gasteiger partial charge in [-0.3, -0.25) is 9.48 Å². The number of amides is 1. The molecule has 5 aromatic rings. The first kappa shape index (κ1) is 20.0. The van der Waals surface area contributed by atoms with Crippen LogP contribution in [0.4, 0.5) is 5.69 Å². The Morgan fingerprint density at radius 3 is 2.74 bits per heavy atom. The lowest BCUT2D eigenvalue weighted by molar-refractivity contribution is 0.0759. The van der Waals surface area contributed by atoms with Crippen LogP contribution in [0.2, 0.25) is 0 Å². The minimum Gasteiger partial charge on any atom is -0.486 e. The first-order valence-electron chi connectivity index (χ1n) is 10.9. The summed E-state index contributed by atoms with van der Waals surface area (Å²) in [4.78, 5) is 12.9. The van der Waals surface area contributed by atoms with Crippen molar-refractivity contribution in [3.05, 3.63) is 90.8 Å². The molecular formula is C26H20N4O4. The zero-order valence-electron chi connectivity index (χ0n) is 18.0. The number of carbonyl (C=O) groups excluding carboxylic acids is 1. The van der Waals surface area contributed by atoms with Gasteiger partial charge in [0.05, 0.1) is 23.8 Å². The minimum absolute atomic E-state index is 0.175. The summed E-state index contributed by atoms with van der Waals surface area (Å²) in [6.07, 6.45) is 3.21. The van der Waals surface area contributed by atoms with Crippen LogP contribution in [0, 0.1) is 0 Å². The van der Waals surface area contributed by atoms with E-state index in [2.05, 4.69) is 15.6 Å². The Bertz CT molecular complexity index is 1470. The van der Waals surface area contributed by atoms with Gasteiger partial charge in [-0.25, -0.2) is 0 Å². The third kappa shape index (κ3) is 3.86. The largest absolute Gasteiger partial charge is 0.486 e. The summed E-state index contributed by atoms with van der Waals surface area (Å²) in [5.74, 6) is 1.85. The number of ether oxygens (including phenoxy) is 2. The van der Waals surface area contributed by atoms with E-state index in [0.29, 0.717) is 35.7 Å². The van der Waals surface area contributed by atoms with E-state index in [1.54, 1.807) is 35.3 Å². The molecule has 8 nitrogen and oxygen atoms in total. The standard InChI is InChI=1S/C26H20N4O4/c31-26(18-10-11-22-21(12-18)25(34-29-22)17-6-2-1-3-7-17)28-19-13-27-30(14-19)15-20-16-32-23-8-4-5-9-24(23)33-20/h1-14,20H,15-16H2,(H,28,31). The van der Waals surface area contributed by atoms with Gasteiger partial charge in [0, 0.05) is 17.3 Å². The number of rotatable bonds is 5. The molecule has 0 bridgehead atoms. The highest BCUT2D eigenvalue weighted by atomic mass is 16.6. The lowest BCUT2D eigenvalue weighted by Gasteiger charge is -2.26. The number of hydrogen-bond acceptors (Lipinski definition) is 6. The number of nitrogens with one attached hydrogen (secondary N) is 1. The molecule has 1 atom stereocenters. The van der Waals surface area contributed by atoms with Crippen molar-refractivity contribution in [3.63, 3.8) is 0 Å². The number of fused-ring (bicyclic) bond motifs is 2. The zero-order chi connectivity index (χ0) is 22.9. The molecule has 1 aliphatic heterocycles. The van der Waals surface area contributed by atoms with Crippen LogP contribution >= 0.6 is 0 Å². The molecule has 0 spiro atoms. The number of aromatic nitrogens is 3. The van der Waals surface area contributed by atoms with Crippen LogP contribution in [0.25, 0.3) is 22.2 Å². The maximum Gasteiger partial charge on any atom is 0.255 e. The Morgan fingerprint density at radius 2 is 1.85 bits per heavy atom. The van der Waals surface area contributed by atoms with Gasteiger partial charge in [-0.05, 0) is 30.3 Å². The Balaban J connectivity index is 1.16. The van der Waals surface area contributed by atoms with Gasteiger partial charge in [0.1, 0.15) is 12.1 Å². The van der Waals surface area contributed by atoms with Gasteiger partial charge in [-0.2, -0.15) is 5.10 Å². The average molecular weight is 452 g/mol. The van der Waals surface area contributed by atoms with Crippen molar-refractivity contribution in [2.45, 2.75) is 12.6 Å². The monoisotopic (exact) mass is 452 g/mol. The molecule has 0 fully saturated rings. The van der Waals surface area contributed by atoms with E-state index < -0.39 is 0 Å². The van der Waals surface area contributed by atoms with Gasteiger partial charge >= 0.3 is 0 Å². The number of hydrogen-bond donors (Lipinski definition) is 1. The predicted octanol–water partition coefficient (Wildman–Crippen LogP) is 4.78. The van der Waals surface area contributed by atoms with E-state index >= 15 is 0 Å². The van der Waals surface area contributed by atoms with Crippen molar-refractivity contribution in [1.29, 1.82) is 0 Å². The summed E-state index contributed by atoms with van der Waals surface area (Å²) in [6, 6.07) is 22.6. The van der Waals surface area contributed by atoms with Gasteiger partial charge < -0.3 is 19.3 Å². The first-order chi connectivity index (χ1) is 16.7. The van der Waals surface area contributed by atoms with Crippen molar-refractivity contribution >= 4 is 22.5 Å². The topological polar surface area (TPSA) is 91.4 Å². The molecule has 3 aromatic carbocycles. The maximum atomic E-state index is 12.9. The van der Waals surface area contributed by atoms with E-state index in [0.717, 1.165) is 22.4 Å². The van der Waals surface area contributed by atoms with Gasteiger partial charge in [0.25, 0.3) is 5.91 Å². The van der Waals surface area contributed by atoms with Crippen LogP contribution in [0.15, 0.2) is 89.7 Å². The van der Waals surface area contributed by atoms with Crippen molar-refractivity contribution < 1.29 is 18.8 Å². The molecule has 168 valence electrons. The lowest BCUT2D eigenvalue weighted by atomic mass is 10.1. The molecule has 0 saturated heterocycles. The van der Waals surface area contributed by atoms with E-state index in [4.69, 9.17) is 14.0 Å². The average Bonchev–Trinajstić information content (AvgIpc) is 3.50. The van der Waals surface area contributed by atoms with E-state index in [-0.39, 0.29) is 12.0 Å². The van der Waals surface area contributed by atoms with Crippen LogP contribution in [-0.4, -0.2) is 33.6 Å². The molecule has 1 amide bonds. The second-order valence-corrected chi connectivity index (χ2v) is 8.01. The Morgan fingerprint density at radius 1 is 1.03 bits per heavy atom. The number of carbonyl (C=O) groups is 1. The molecule has 0 aliphatic carbocycles. The summed E-state index contributed by atoms with van der Waals surface area (Å²) in [5, 5.41) is 12.1. The van der Waals surface area contributed by atoms with Crippen molar-refractivity contribution in [2.75, 3.05) is 11.9 Å². The Kier molecular flexibility index (Phi) is 4.95. The van der Waals surface area contributed by atoms with Crippen LogP contribution in [0.3, 0.4) is 0 Å². The highest BCUT2D eigenvalue weighted by Gasteiger charge is 2.21. The second kappa shape index (κ2) is 8.40. The van der Waals surface area contributed by atoms with Gasteiger partial charge in [0.2, 0.25) is 0 Å². The van der Waals surface area contributed by atoms with Crippen LogP contribution in [0.5, 0.6) is 11.5 Å². The van der Waals surface area contributed by atoms with E-state index in [9.17, 15) is 4.79 Å². The van der Waals surface area contributed by atoms with Crippen molar-refractivity contribution in [3.8, 4) is 22.8 Å². The molecule has 6 rings (SSSR count). The zero-order valence-corrected chi connectivity index (χ0v) is 18.0. The SMILES string of the molecule is O=C(Nc1cnn(CC2COc3ccccc3O2)c1)c1ccc2noc(-c3ccccc3)c2c1. The second-order valence-electron chi connectivity index (χ2n) is 8.01. The molecule has 0 saturated carbocycles. The number of anilines is 1. The lowest BCUT2D eigenvalue weighted by Crippen LogP contribution is -2.33. The third-order valence-electron chi connectivity index (χ3n) is 5.62.